The lowest BCUT2D eigenvalue weighted by molar-refractivity contribution is 0.0692. The van der Waals surface area contributed by atoms with Crippen molar-refractivity contribution >= 4 is 35.1 Å². The van der Waals surface area contributed by atoms with E-state index < -0.39 is 29.4 Å². The third-order valence-electron chi connectivity index (χ3n) is 9.56. The highest BCUT2D eigenvalue weighted by molar-refractivity contribution is 6.35. The highest BCUT2D eigenvalue weighted by Crippen LogP contribution is 2.53. The largest absolute Gasteiger partial charge is 0.289 e. The number of carbonyl (C=O) groups excluding carboxylic acids is 5. The second kappa shape index (κ2) is 9.16. The molecule has 0 radical (unpaired) electrons. The number of amides is 4. The molecule has 1 aliphatic carbocycles. The van der Waals surface area contributed by atoms with Crippen LogP contribution in [0.1, 0.15) is 107 Å². The molecule has 4 amide bonds. The van der Waals surface area contributed by atoms with Gasteiger partial charge in [0, 0.05) is 23.6 Å². The first-order valence-electron chi connectivity index (χ1n) is 14.6. The first kappa shape index (κ1) is 27.7. The number of hydrogen-bond acceptors (Lipinski definition) is 5. The molecule has 2 heterocycles. The zero-order valence-corrected chi connectivity index (χ0v) is 25.1. The fraction of sp³-hybridized carbons (Fsp3) is 0.216. The fourth-order valence-corrected chi connectivity index (χ4v) is 7.30. The molecule has 0 bridgehead atoms. The van der Waals surface area contributed by atoms with Crippen molar-refractivity contribution in [1.82, 2.24) is 4.90 Å². The molecule has 3 aliphatic rings. The Morgan fingerprint density at radius 2 is 1.18 bits per heavy atom. The Balaban J connectivity index is 1.18. The highest BCUT2D eigenvalue weighted by Gasteiger charge is 2.46. The maximum atomic E-state index is 13.6. The van der Waals surface area contributed by atoms with E-state index in [9.17, 15) is 24.0 Å². The quantitative estimate of drug-likeness (QED) is 0.210. The van der Waals surface area contributed by atoms with Gasteiger partial charge in [0.05, 0.1) is 27.9 Å². The van der Waals surface area contributed by atoms with Gasteiger partial charge in [0.1, 0.15) is 0 Å². The van der Waals surface area contributed by atoms with Gasteiger partial charge in [-0.3, -0.25) is 28.9 Å². The predicted molar refractivity (Wildman–Crippen MR) is 166 cm³/mol. The van der Waals surface area contributed by atoms with E-state index in [0.29, 0.717) is 5.69 Å². The minimum Gasteiger partial charge on any atom is -0.289 e. The second-order valence-corrected chi connectivity index (χ2v) is 13.0. The summed E-state index contributed by atoms with van der Waals surface area (Å²) in [5.74, 6) is -2.26. The van der Waals surface area contributed by atoms with Crippen molar-refractivity contribution in [2.24, 2.45) is 0 Å². The summed E-state index contributed by atoms with van der Waals surface area (Å²) in [4.78, 5) is 67.2. The molecule has 44 heavy (non-hydrogen) atoms. The van der Waals surface area contributed by atoms with Gasteiger partial charge in [-0.15, -0.1) is 0 Å². The zero-order chi connectivity index (χ0) is 31.3. The van der Waals surface area contributed by atoms with E-state index in [2.05, 4.69) is 45.9 Å². The first-order chi connectivity index (χ1) is 20.8. The van der Waals surface area contributed by atoms with Crippen LogP contribution >= 0.6 is 0 Å². The number of fused-ring (bicyclic) bond motifs is 3. The van der Waals surface area contributed by atoms with E-state index in [-0.39, 0.29) is 44.2 Å². The Hall–Kier alpha value is -5.17. The molecule has 0 aromatic heterocycles. The molecule has 0 saturated carbocycles. The normalized spacial score (nSPS) is 19.8. The molecule has 4 aromatic carbocycles. The lowest BCUT2D eigenvalue weighted by Crippen LogP contribution is -2.29. The predicted octanol–water partition coefficient (Wildman–Crippen LogP) is 6.24. The lowest BCUT2D eigenvalue weighted by Gasteiger charge is -2.29. The molecule has 2 aliphatic heterocycles. The molecular formula is C37H30N2O5. The highest BCUT2D eigenvalue weighted by atomic mass is 16.2. The summed E-state index contributed by atoms with van der Waals surface area (Å²) in [5, 5.41) is 0. The average molecular weight is 583 g/mol. The number of imide groups is 2. The molecule has 7 heteroatoms. The number of nitrogens with zero attached hydrogens (tertiary/aromatic N) is 2. The summed E-state index contributed by atoms with van der Waals surface area (Å²) < 4.78 is 0. The van der Waals surface area contributed by atoms with Crippen LogP contribution in [0.25, 0.3) is 0 Å². The molecule has 1 unspecified atom stereocenters. The van der Waals surface area contributed by atoms with Crippen molar-refractivity contribution in [1.29, 1.82) is 0 Å². The maximum Gasteiger partial charge on any atom is 0.266 e. The molecule has 0 N–H and O–H groups in total. The minimum atomic E-state index is -0.502. The van der Waals surface area contributed by atoms with Gasteiger partial charge in [-0.25, -0.2) is 4.90 Å². The van der Waals surface area contributed by atoms with Crippen LogP contribution in [0, 0.1) is 6.92 Å². The molecule has 7 rings (SSSR count). The monoisotopic (exact) mass is 582 g/mol. The fourth-order valence-electron chi connectivity index (χ4n) is 7.30. The molecule has 1 atom stereocenters. The Morgan fingerprint density at radius 1 is 0.636 bits per heavy atom. The van der Waals surface area contributed by atoms with E-state index in [1.165, 1.54) is 60.1 Å². The van der Waals surface area contributed by atoms with Gasteiger partial charge < -0.3 is 0 Å². The smallest absolute Gasteiger partial charge is 0.266 e. The van der Waals surface area contributed by atoms with Gasteiger partial charge in [-0.1, -0.05) is 68.8 Å². The second-order valence-electron chi connectivity index (χ2n) is 13.0. The van der Waals surface area contributed by atoms with Gasteiger partial charge in [0.15, 0.2) is 5.78 Å². The van der Waals surface area contributed by atoms with Gasteiger partial charge in [0.2, 0.25) is 0 Å². The lowest BCUT2D eigenvalue weighted by atomic mass is 9.75. The van der Waals surface area contributed by atoms with E-state index in [4.69, 9.17) is 0 Å². The van der Waals surface area contributed by atoms with Crippen molar-refractivity contribution in [2.75, 3.05) is 11.9 Å². The summed E-state index contributed by atoms with van der Waals surface area (Å²) in [6.45, 7) is 8.89. The molecule has 4 aromatic rings. The Bertz CT molecular complexity index is 2010. The Morgan fingerprint density at radius 3 is 1.82 bits per heavy atom. The summed E-state index contributed by atoms with van der Waals surface area (Å²) in [7, 11) is 1.39. The molecule has 218 valence electrons. The van der Waals surface area contributed by atoms with E-state index in [1.54, 1.807) is 0 Å². The number of aryl methyl sites for hydroxylation is 1. The maximum absolute atomic E-state index is 13.6. The van der Waals surface area contributed by atoms with E-state index in [0.717, 1.165) is 21.8 Å². The molecule has 0 saturated heterocycles. The topological polar surface area (TPSA) is 91.8 Å². The number of benzene rings is 4. The van der Waals surface area contributed by atoms with Crippen LogP contribution in [-0.4, -0.2) is 41.4 Å². The van der Waals surface area contributed by atoms with Crippen molar-refractivity contribution in [3.63, 3.8) is 0 Å². The van der Waals surface area contributed by atoms with Crippen LogP contribution in [0.5, 0.6) is 0 Å². The number of ketones is 1. The average Bonchev–Trinajstić information content (AvgIpc) is 3.48. The van der Waals surface area contributed by atoms with Crippen LogP contribution in [0.3, 0.4) is 0 Å². The van der Waals surface area contributed by atoms with Crippen LogP contribution in [0.2, 0.25) is 0 Å². The number of anilines is 1. The van der Waals surface area contributed by atoms with Crippen molar-refractivity contribution in [3.05, 3.63) is 134 Å². The number of hydrogen-bond donors (Lipinski definition) is 0. The summed E-state index contributed by atoms with van der Waals surface area (Å²) in [6, 6.07) is 23.1. The van der Waals surface area contributed by atoms with Crippen molar-refractivity contribution < 1.29 is 24.0 Å². The van der Waals surface area contributed by atoms with E-state index in [1.807, 2.05) is 24.3 Å². The van der Waals surface area contributed by atoms with Gasteiger partial charge in [0.25, 0.3) is 23.6 Å². The van der Waals surface area contributed by atoms with Gasteiger partial charge in [-0.05, 0) is 71.8 Å². The third-order valence-corrected chi connectivity index (χ3v) is 9.56. The molecular weight excluding hydrogens is 552 g/mol. The summed E-state index contributed by atoms with van der Waals surface area (Å²) in [5.41, 5.74) is 6.42. The first-order valence-corrected chi connectivity index (χ1v) is 14.6. The number of rotatable bonds is 4. The molecule has 0 fully saturated rings. The Labute approximate surface area is 255 Å². The van der Waals surface area contributed by atoms with Crippen LogP contribution < -0.4 is 4.90 Å². The zero-order valence-electron chi connectivity index (χ0n) is 25.1. The molecule has 0 spiro atoms. The summed E-state index contributed by atoms with van der Waals surface area (Å²) in [6.07, 6.45) is 0.938. The SMILES string of the molecule is Cc1ccc2c(c1)C(C)(c1ccc(N3C(=O)c4ccc(C(=O)c5ccc6c(c5)C(=O)N(C)C6=O)cc4C3=O)cc1)CC2(C)C. The summed E-state index contributed by atoms with van der Waals surface area (Å²) >= 11 is 0. The molecule has 7 nitrogen and oxygen atoms in total. The third kappa shape index (κ3) is 3.78. The van der Waals surface area contributed by atoms with Crippen molar-refractivity contribution in [2.45, 2.75) is 44.9 Å². The van der Waals surface area contributed by atoms with Crippen LogP contribution in [0.4, 0.5) is 5.69 Å². The van der Waals surface area contributed by atoms with Gasteiger partial charge >= 0.3 is 0 Å². The standard InChI is InChI=1S/C37H30N2O5/c1-20-6-15-29-30(16-20)37(4,19-36(29,2)3)23-9-11-24(12-10-23)39-34(43)26-14-8-22(18-28(26)35(39)44)31(40)21-7-13-25-27(17-21)33(42)38(5)32(25)41/h6-18H,19H2,1-5H3. The van der Waals surface area contributed by atoms with E-state index >= 15 is 0 Å². The number of carbonyl (C=O) groups is 5. The minimum absolute atomic E-state index is 0.0111. The van der Waals surface area contributed by atoms with Gasteiger partial charge in [-0.2, -0.15) is 0 Å². The van der Waals surface area contributed by atoms with Crippen LogP contribution in [-0.2, 0) is 10.8 Å². The Kier molecular flexibility index (Phi) is 5.76. The van der Waals surface area contributed by atoms with Crippen molar-refractivity contribution in [3.8, 4) is 0 Å². The van der Waals surface area contributed by atoms with Crippen LogP contribution in [0.15, 0.2) is 78.9 Å².